The average molecular weight is 1250 g/mol. The van der Waals surface area contributed by atoms with Crippen molar-refractivity contribution in [3.63, 3.8) is 0 Å². The molecular formula is C62H96N10O15S. The second-order valence-corrected chi connectivity index (χ2v) is 24.4. The van der Waals surface area contributed by atoms with Crippen LogP contribution in [0.4, 0.5) is 4.79 Å². The molecule has 0 aliphatic carbocycles. The van der Waals surface area contributed by atoms with Crippen LogP contribution >= 0.6 is 11.3 Å². The lowest BCUT2D eigenvalue weighted by molar-refractivity contribution is -0.142. The van der Waals surface area contributed by atoms with Crippen molar-refractivity contribution in [2.24, 2.45) is 11.8 Å². The fourth-order valence-corrected chi connectivity index (χ4v) is 10.1. The standard InChI is InChI=1S/C62H96N10O15S/c1-15-40(5)54(69-60(82)62(9,10)70(11)12)59(81)71(13)48(38(2)3)35-50(58-68-47(36-88-58)57(80)66-45(33-41(6)86-37-73)34-44-23-21-39(4)22-24-44)87-61(83)65-43(8)55(78)64-42(7)56(79)67-46(49(74)20-18-30-85-32-31-84-14)19-16-17-28-63-51(75)27-29-72-52(76)25-26-53(72)77/h21-26,36-38,40-43,45-46,48,50,54H,15-20,27-35H2,1-14H3,(H,63,75)(H,64,78)(H,65,83)(H,66,80)(H,67,79)(H,69,82)/t40?,41?,42?,43?,45-,46?,48-,50-,54+/m1/s1. The third-order valence-corrected chi connectivity index (χ3v) is 16.6. The van der Waals surface area contributed by atoms with Crippen molar-refractivity contribution in [3.8, 4) is 0 Å². The zero-order chi connectivity index (χ0) is 65.8. The SMILES string of the molecule is CCC(C)[C@H](NC(=O)C(C)(C)N(C)C)C(=O)N(C)[C@H](C[C@@H](OC(=O)NC(C)C(=O)NC(C)C(=O)NC(CCCCNC(=O)CCN1C(=O)C=CC1=O)C(=O)CCCOCCOC)c1nc(C(=O)N[C@@H](Cc2ccc(C)cc2)CC(C)OC=O)cs1)C(C)C. The summed E-state index contributed by atoms with van der Waals surface area (Å²) in [7, 11) is 6.70. The minimum absolute atomic E-state index is 0.00249. The topological polar surface area (TPSA) is 319 Å². The maximum atomic E-state index is 14.7. The average Bonchev–Trinajstić information content (AvgIpc) is 4.30. The van der Waals surface area contributed by atoms with Gasteiger partial charge in [0.1, 0.15) is 34.9 Å². The van der Waals surface area contributed by atoms with E-state index < -0.39 is 89.6 Å². The number of methoxy groups -OCH3 is 1. The van der Waals surface area contributed by atoms with Crippen molar-refractivity contribution in [1.82, 2.24) is 51.6 Å². The Kier molecular flexibility index (Phi) is 32.1. The first-order valence-electron chi connectivity index (χ1n) is 30.2. The first-order valence-corrected chi connectivity index (χ1v) is 31.1. The van der Waals surface area contributed by atoms with E-state index >= 15 is 0 Å². The van der Waals surface area contributed by atoms with Crippen LogP contribution in [0.2, 0.25) is 0 Å². The number of likely N-dealkylation sites (N-methyl/N-ethyl adjacent to an activating group) is 2. The number of carbonyl (C=O) groups is 11. The number of alkyl carbamates (subject to hydrolysis) is 1. The first-order chi connectivity index (χ1) is 41.5. The second-order valence-electron chi connectivity index (χ2n) is 23.5. The monoisotopic (exact) mass is 1250 g/mol. The number of aryl methyl sites for hydroxylation is 1. The highest BCUT2D eigenvalue weighted by molar-refractivity contribution is 7.09. The Bertz CT molecular complexity index is 2670. The number of imide groups is 1. The number of nitrogens with zero attached hydrogens (tertiary/aromatic N) is 4. The number of benzene rings is 1. The summed E-state index contributed by atoms with van der Waals surface area (Å²) in [5.41, 5.74) is 1.04. The maximum absolute atomic E-state index is 14.7. The molecule has 0 radical (unpaired) electrons. The van der Waals surface area contributed by atoms with Crippen LogP contribution in [-0.2, 0) is 68.5 Å². The summed E-state index contributed by atoms with van der Waals surface area (Å²) in [6.45, 7) is 19.1. The lowest BCUT2D eigenvalue weighted by Gasteiger charge is -2.38. The van der Waals surface area contributed by atoms with Gasteiger partial charge in [-0.3, -0.25) is 57.7 Å². The van der Waals surface area contributed by atoms with Gasteiger partial charge in [-0.25, -0.2) is 9.78 Å². The fourth-order valence-electron chi connectivity index (χ4n) is 9.28. The third-order valence-electron chi connectivity index (χ3n) is 15.7. The molecule has 9 amide bonds. The molecule has 3 rings (SSSR count). The number of ether oxygens (including phenoxy) is 4. The molecule has 88 heavy (non-hydrogen) atoms. The molecule has 0 fully saturated rings. The normalized spacial score (nSPS) is 15.4. The van der Waals surface area contributed by atoms with Crippen molar-refractivity contribution < 1.29 is 71.7 Å². The van der Waals surface area contributed by atoms with Gasteiger partial charge in [0.15, 0.2) is 11.9 Å². The van der Waals surface area contributed by atoms with Crippen LogP contribution in [0.5, 0.6) is 0 Å². The number of rotatable bonds is 41. The van der Waals surface area contributed by atoms with Gasteiger partial charge in [0.2, 0.25) is 29.5 Å². The number of nitrogens with one attached hydrogen (secondary N) is 6. The molecule has 0 saturated carbocycles. The number of thiazole rings is 1. The van der Waals surface area contributed by atoms with E-state index in [2.05, 4.69) is 36.9 Å². The van der Waals surface area contributed by atoms with Crippen LogP contribution in [-0.4, -0.2) is 194 Å². The number of carbonyl (C=O) groups excluding carboxylic acids is 11. The lowest BCUT2D eigenvalue weighted by Crippen LogP contribution is -2.60. The molecule has 9 atom stereocenters. The lowest BCUT2D eigenvalue weighted by atomic mass is 9.92. The molecule has 490 valence electrons. The summed E-state index contributed by atoms with van der Waals surface area (Å²) in [4.78, 5) is 154. The van der Waals surface area contributed by atoms with E-state index in [1.807, 2.05) is 58.9 Å². The largest absolute Gasteiger partial charge is 0.465 e. The highest BCUT2D eigenvalue weighted by atomic mass is 32.1. The molecule has 1 aliphatic rings. The van der Waals surface area contributed by atoms with Crippen LogP contribution in [0, 0.1) is 18.8 Å². The Hall–Kier alpha value is -7.16. The van der Waals surface area contributed by atoms with Crippen molar-refractivity contribution in [1.29, 1.82) is 0 Å². The van der Waals surface area contributed by atoms with Crippen LogP contribution in [0.1, 0.15) is 153 Å². The molecule has 0 spiro atoms. The van der Waals surface area contributed by atoms with E-state index in [1.54, 1.807) is 53.9 Å². The molecule has 5 unspecified atom stereocenters. The molecule has 0 bridgehead atoms. The quantitative estimate of drug-likeness (QED) is 0.0308. The number of hydrogen-bond acceptors (Lipinski definition) is 18. The molecule has 2 heterocycles. The van der Waals surface area contributed by atoms with Gasteiger partial charge in [-0.05, 0) is 105 Å². The van der Waals surface area contributed by atoms with E-state index in [4.69, 9.17) is 18.9 Å². The van der Waals surface area contributed by atoms with E-state index in [0.29, 0.717) is 51.8 Å². The van der Waals surface area contributed by atoms with E-state index in [1.165, 1.54) is 24.1 Å². The predicted octanol–water partition coefficient (Wildman–Crippen LogP) is 4.25. The number of ketones is 1. The Labute approximate surface area is 522 Å². The Morgan fingerprint density at radius 2 is 1.44 bits per heavy atom. The highest BCUT2D eigenvalue weighted by Gasteiger charge is 2.39. The summed E-state index contributed by atoms with van der Waals surface area (Å²) in [6.07, 6.45) is 2.05. The van der Waals surface area contributed by atoms with Gasteiger partial charge in [0.25, 0.3) is 24.2 Å². The van der Waals surface area contributed by atoms with Gasteiger partial charge in [-0.1, -0.05) is 63.9 Å². The summed E-state index contributed by atoms with van der Waals surface area (Å²) < 4.78 is 21.8. The molecule has 6 N–H and O–H groups in total. The van der Waals surface area contributed by atoms with Gasteiger partial charge in [0, 0.05) is 89.2 Å². The summed E-state index contributed by atoms with van der Waals surface area (Å²) >= 11 is 1.04. The van der Waals surface area contributed by atoms with Gasteiger partial charge < -0.3 is 55.7 Å². The number of amides is 9. The van der Waals surface area contributed by atoms with Gasteiger partial charge in [-0.15, -0.1) is 11.3 Å². The Balaban J connectivity index is 1.85. The molecule has 1 aliphatic heterocycles. The zero-order valence-electron chi connectivity index (χ0n) is 53.8. The van der Waals surface area contributed by atoms with Crippen molar-refractivity contribution in [3.05, 3.63) is 63.6 Å². The van der Waals surface area contributed by atoms with Crippen LogP contribution in [0.25, 0.3) is 0 Å². The van der Waals surface area contributed by atoms with Crippen molar-refractivity contribution >= 4 is 76.9 Å². The minimum Gasteiger partial charge on any atom is -0.465 e. The van der Waals surface area contributed by atoms with E-state index in [-0.39, 0.29) is 97.8 Å². The minimum atomic E-state index is -1.30. The highest BCUT2D eigenvalue weighted by Crippen LogP contribution is 2.31. The van der Waals surface area contributed by atoms with Crippen LogP contribution in [0.3, 0.4) is 0 Å². The van der Waals surface area contributed by atoms with Crippen molar-refractivity contribution in [2.75, 3.05) is 61.2 Å². The zero-order valence-corrected chi connectivity index (χ0v) is 54.6. The molecule has 2 aromatic rings. The number of aromatic nitrogens is 1. The van der Waals surface area contributed by atoms with Crippen LogP contribution < -0.4 is 31.9 Å². The molecule has 1 aromatic carbocycles. The number of unbranched alkanes of at least 4 members (excludes halogenated alkanes) is 1. The maximum Gasteiger partial charge on any atom is 0.408 e. The molecule has 1 aromatic heterocycles. The van der Waals surface area contributed by atoms with Crippen molar-refractivity contribution in [2.45, 2.75) is 187 Å². The van der Waals surface area contributed by atoms with Gasteiger partial charge in [-0.2, -0.15) is 0 Å². The second kappa shape index (κ2) is 37.6. The van der Waals surface area contributed by atoms with Crippen LogP contribution in [0.15, 0.2) is 41.8 Å². The smallest absolute Gasteiger partial charge is 0.408 e. The first kappa shape index (κ1) is 75.1. The fraction of sp³-hybridized carbons (Fsp3) is 0.645. The summed E-state index contributed by atoms with van der Waals surface area (Å²) in [5.74, 6) is -4.91. The summed E-state index contributed by atoms with van der Waals surface area (Å²) in [5, 5.41) is 18.3. The molecule has 26 heteroatoms. The van der Waals surface area contributed by atoms with E-state index in [9.17, 15) is 52.7 Å². The Morgan fingerprint density at radius 3 is 2.06 bits per heavy atom. The van der Waals surface area contributed by atoms with Gasteiger partial charge >= 0.3 is 6.09 Å². The molecule has 0 saturated heterocycles. The van der Waals surface area contributed by atoms with E-state index in [0.717, 1.165) is 39.5 Å². The third kappa shape index (κ3) is 24.8. The summed E-state index contributed by atoms with van der Waals surface area (Å²) in [6, 6.07) is 2.27. The predicted molar refractivity (Wildman–Crippen MR) is 330 cm³/mol. The number of hydrogen-bond donors (Lipinski definition) is 6. The van der Waals surface area contributed by atoms with Gasteiger partial charge in [0.05, 0.1) is 24.8 Å². The Morgan fingerprint density at radius 1 is 0.795 bits per heavy atom. The molecular weight excluding hydrogens is 1160 g/mol. The molecule has 25 nitrogen and oxygen atoms in total. The number of Topliss-reactive ketones (excluding diaryl/α,β-unsaturated/α-hetero) is 1.